The second kappa shape index (κ2) is 5.39. The van der Waals surface area contributed by atoms with Crippen LogP contribution in [0.4, 0.5) is 0 Å². The molecule has 0 bridgehead atoms. The molecular formula is C23H16N3O2+. The van der Waals surface area contributed by atoms with Crippen LogP contribution in [-0.2, 0) is 9.59 Å². The van der Waals surface area contributed by atoms with Crippen LogP contribution < -0.4 is 9.88 Å². The van der Waals surface area contributed by atoms with E-state index in [9.17, 15) is 9.59 Å². The third kappa shape index (κ3) is 1.93. The summed E-state index contributed by atoms with van der Waals surface area (Å²) in [6, 6.07) is 18.0. The van der Waals surface area contributed by atoms with Crippen LogP contribution in [-0.4, -0.2) is 16.8 Å². The molecule has 4 heterocycles. The molecule has 0 radical (unpaired) electrons. The first-order valence-electron chi connectivity index (χ1n) is 9.28. The van der Waals surface area contributed by atoms with Crippen molar-refractivity contribution in [2.45, 2.75) is 5.92 Å². The van der Waals surface area contributed by atoms with Crippen LogP contribution in [0.2, 0.25) is 0 Å². The largest absolute Gasteiger partial charge is 0.361 e. The van der Waals surface area contributed by atoms with E-state index in [1.165, 1.54) is 0 Å². The molecule has 4 aromatic rings. The number of carbonyl (C=O) groups is 2. The number of benzene rings is 2. The van der Waals surface area contributed by atoms with Gasteiger partial charge in [0, 0.05) is 34.1 Å². The zero-order chi connectivity index (χ0) is 18.8. The highest BCUT2D eigenvalue weighted by Gasteiger charge is 2.48. The Morgan fingerprint density at radius 1 is 0.857 bits per heavy atom. The van der Waals surface area contributed by atoms with Gasteiger partial charge in [-0.25, -0.2) is 0 Å². The predicted octanol–water partition coefficient (Wildman–Crippen LogP) is 2.98. The maximum atomic E-state index is 12.9. The number of carbonyl (C=O) groups excluding carboxylic acids is 2. The van der Waals surface area contributed by atoms with Gasteiger partial charge in [-0.2, -0.15) is 4.57 Å². The van der Waals surface area contributed by atoms with Gasteiger partial charge in [-0.1, -0.05) is 24.3 Å². The Hall–Kier alpha value is -3.73. The summed E-state index contributed by atoms with van der Waals surface area (Å²) in [5, 5.41) is 4.65. The van der Waals surface area contributed by atoms with Crippen LogP contribution in [0, 0.1) is 5.92 Å². The first-order chi connectivity index (χ1) is 13.7. The lowest BCUT2D eigenvalue weighted by atomic mass is 9.81. The molecule has 0 aliphatic carbocycles. The van der Waals surface area contributed by atoms with Crippen LogP contribution in [0.25, 0.3) is 33.6 Å². The number of rotatable bonds is 2. The van der Waals surface area contributed by atoms with Crippen molar-refractivity contribution in [1.82, 2.24) is 10.3 Å². The minimum absolute atomic E-state index is 0.239. The minimum atomic E-state index is -0.558. The summed E-state index contributed by atoms with van der Waals surface area (Å²) in [6.07, 6.45) is 5.83. The Balaban J connectivity index is 1.56. The van der Waals surface area contributed by atoms with Crippen LogP contribution >= 0.6 is 0 Å². The van der Waals surface area contributed by atoms with Gasteiger partial charge in [-0.05, 0) is 29.8 Å². The molecule has 2 N–H and O–H groups in total. The molecule has 2 aromatic heterocycles. The number of hydrogen-bond donors (Lipinski definition) is 2. The predicted molar refractivity (Wildman–Crippen MR) is 106 cm³/mol. The highest BCUT2D eigenvalue weighted by atomic mass is 16.2. The fraction of sp³-hybridized carbons (Fsp3) is 0.0870. The molecular weight excluding hydrogens is 350 g/mol. The minimum Gasteiger partial charge on any atom is -0.361 e. The molecule has 2 aliphatic rings. The summed E-state index contributed by atoms with van der Waals surface area (Å²) in [5.41, 5.74) is 4.79. The topological polar surface area (TPSA) is 65.8 Å². The summed E-state index contributed by atoms with van der Waals surface area (Å²) in [7, 11) is 0. The van der Waals surface area contributed by atoms with Crippen molar-refractivity contribution < 1.29 is 14.2 Å². The van der Waals surface area contributed by atoms with Crippen LogP contribution in [0.15, 0.2) is 67.0 Å². The maximum Gasteiger partial charge on any atom is 0.235 e. The van der Waals surface area contributed by atoms with E-state index < -0.39 is 11.8 Å². The summed E-state index contributed by atoms with van der Waals surface area (Å²) in [5.74, 6) is -1.59. The van der Waals surface area contributed by atoms with Crippen LogP contribution in [0.3, 0.4) is 0 Å². The highest BCUT2D eigenvalue weighted by Crippen LogP contribution is 2.44. The number of hydrogen-bond acceptors (Lipinski definition) is 2. The fourth-order valence-electron chi connectivity index (χ4n) is 4.68. The van der Waals surface area contributed by atoms with Crippen molar-refractivity contribution >= 4 is 45.4 Å². The number of imide groups is 1. The lowest BCUT2D eigenvalue weighted by molar-refractivity contribution is -0.536. The molecule has 5 nitrogen and oxygen atoms in total. The molecule has 0 saturated carbocycles. The lowest BCUT2D eigenvalue weighted by Crippen LogP contribution is -2.24. The molecule has 5 heteroatoms. The van der Waals surface area contributed by atoms with Gasteiger partial charge in [-0.3, -0.25) is 14.9 Å². The molecule has 28 heavy (non-hydrogen) atoms. The zero-order valence-corrected chi connectivity index (χ0v) is 14.8. The molecule has 134 valence electrons. The number of fused-ring (bicyclic) bond motifs is 1. The second-order valence-electron chi connectivity index (χ2n) is 7.34. The number of amides is 2. The number of para-hydroxylation sites is 2. The average Bonchev–Trinajstić information content (AvgIpc) is 3.37. The quantitative estimate of drug-likeness (QED) is 0.423. The van der Waals surface area contributed by atoms with Crippen molar-refractivity contribution in [3.05, 3.63) is 78.1 Å². The molecule has 2 aliphatic heterocycles. The molecule has 0 unspecified atom stereocenters. The number of nitrogens with one attached hydrogen (secondary N) is 2. The molecule has 1 fully saturated rings. The Morgan fingerprint density at radius 3 is 2.61 bits per heavy atom. The van der Waals surface area contributed by atoms with Gasteiger partial charge < -0.3 is 4.98 Å². The van der Waals surface area contributed by atoms with E-state index in [0.717, 1.165) is 38.5 Å². The van der Waals surface area contributed by atoms with E-state index in [4.69, 9.17) is 0 Å². The monoisotopic (exact) mass is 366 g/mol. The van der Waals surface area contributed by atoms with E-state index in [1.54, 1.807) is 0 Å². The molecule has 6 rings (SSSR count). The summed E-state index contributed by atoms with van der Waals surface area (Å²) < 4.78 is 2.04. The van der Waals surface area contributed by atoms with Crippen LogP contribution in [0.1, 0.15) is 17.0 Å². The van der Waals surface area contributed by atoms with E-state index in [1.807, 2.05) is 65.6 Å². The van der Waals surface area contributed by atoms with Gasteiger partial charge in [-0.15, -0.1) is 0 Å². The molecule has 1 saturated heterocycles. The number of aromatic nitrogens is 2. The van der Waals surface area contributed by atoms with Crippen LogP contribution in [0.5, 0.6) is 0 Å². The Morgan fingerprint density at radius 2 is 1.68 bits per heavy atom. The number of nitrogens with zero attached hydrogens (tertiary/aromatic N) is 1. The van der Waals surface area contributed by atoms with Gasteiger partial charge >= 0.3 is 0 Å². The smallest absolute Gasteiger partial charge is 0.235 e. The Labute approximate surface area is 160 Å². The third-order valence-electron chi connectivity index (χ3n) is 5.87. The summed E-state index contributed by atoms with van der Waals surface area (Å²) >= 11 is 0. The van der Waals surface area contributed by atoms with Gasteiger partial charge in [0.1, 0.15) is 0 Å². The fourth-order valence-corrected chi connectivity index (χ4v) is 4.68. The van der Waals surface area contributed by atoms with Crippen molar-refractivity contribution in [2.75, 3.05) is 0 Å². The molecule has 0 spiro atoms. The molecule has 2 amide bonds. The third-order valence-corrected chi connectivity index (χ3v) is 5.87. The number of H-pyrrole nitrogens is 1. The normalized spacial score (nSPS) is 20.8. The second-order valence-corrected chi connectivity index (χ2v) is 7.34. The van der Waals surface area contributed by atoms with E-state index in [-0.39, 0.29) is 11.8 Å². The maximum absolute atomic E-state index is 12.9. The van der Waals surface area contributed by atoms with E-state index in [2.05, 4.69) is 22.4 Å². The van der Waals surface area contributed by atoms with Gasteiger partial charge in [0.05, 0.1) is 17.4 Å². The molecule has 2 aromatic carbocycles. The van der Waals surface area contributed by atoms with Crippen molar-refractivity contribution in [2.24, 2.45) is 5.92 Å². The average molecular weight is 366 g/mol. The number of pyridine rings is 1. The Kier molecular flexibility index (Phi) is 2.95. The number of aromatic amines is 1. The summed E-state index contributed by atoms with van der Waals surface area (Å²) in [4.78, 5) is 29.0. The standard InChI is InChI=1S/C23H15N3O2/c27-22-19(16-11-24-18-9-2-1-7-14(16)18)20(23(28)25-22)17-12-26-10-4-6-13-5-3-8-15(17)21(13)26/h1-12,19-20,24H/p+1/t19-,20-/m0/s1. The Bertz CT molecular complexity index is 1340. The SMILES string of the molecule is O=C1NC(=O)[C@@H](c2c[nH]c3ccccc23)[C@@H]1C1=C[n+]2cccc3cccc1c32. The lowest BCUT2D eigenvalue weighted by Gasteiger charge is -2.15. The summed E-state index contributed by atoms with van der Waals surface area (Å²) in [6.45, 7) is 0. The highest BCUT2D eigenvalue weighted by molar-refractivity contribution is 6.16. The first kappa shape index (κ1) is 15.3. The van der Waals surface area contributed by atoms with Crippen molar-refractivity contribution in [3.8, 4) is 0 Å². The van der Waals surface area contributed by atoms with E-state index in [0.29, 0.717) is 0 Å². The van der Waals surface area contributed by atoms with Gasteiger partial charge in [0.25, 0.3) is 0 Å². The van der Waals surface area contributed by atoms with Crippen molar-refractivity contribution in [3.63, 3.8) is 0 Å². The zero-order valence-electron chi connectivity index (χ0n) is 14.8. The van der Waals surface area contributed by atoms with Gasteiger partial charge in [0.15, 0.2) is 12.4 Å². The van der Waals surface area contributed by atoms with E-state index >= 15 is 0 Å². The van der Waals surface area contributed by atoms with Gasteiger partial charge in [0.2, 0.25) is 17.3 Å². The molecule has 2 atom stereocenters. The first-order valence-corrected chi connectivity index (χ1v) is 9.28. The van der Waals surface area contributed by atoms with Crippen molar-refractivity contribution in [1.29, 1.82) is 0 Å².